The van der Waals surface area contributed by atoms with Crippen LogP contribution >= 0.6 is 0 Å². The number of aromatic amines is 1. The molecular weight excluding hydrogens is 200 g/mol. The maximum absolute atomic E-state index is 10.9. The fraction of sp³-hybridized carbons (Fsp3) is 0.750. The van der Waals surface area contributed by atoms with Gasteiger partial charge in [-0.1, -0.05) is 11.6 Å². The van der Waals surface area contributed by atoms with Gasteiger partial charge in [-0.05, 0) is 12.8 Å². The highest BCUT2D eigenvalue weighted by molar-refractivity contribution is 5.70. The third-order valence-corrected chi connectivity index (χ3v) is 2.13. The van der Waals surface area contributed by atoms with E-state index in [0.717, 1.165) is 0 Å². The van der Waals surface area contributed by atoms with E-state index in [2.05, 4.69) is 20.6 Å². The molecule has 84 valence electrons. The summed E-state index contributed by atoms with van der Waals surface area (Å²) >= 11 is 0. The summed E-state index contributed by atoms with van der Waals surface area (Å²) in [5.41, 5.74) is 0. The number of nitrogens with zero attached hydrogens (tertiary/aromatic N) is 3. The summed E-state index contributed by atoms with van der Waals surface area (Å²) in [5, 5.41) is 30.6. The summed E-state index contributed by atoms with van der Waals surface area (Å²) in [6.45, 7) is 0.0918. The molecule has 15 heavy (non-hydrogen) atoms. The molecule has 0 amide bonds. The lowest BCUT2D eigenvalue weighted by atomic mass is 9.98. The SMILES string of the molecule is O=C(O)C(CCCCO)Cc1nn[nH]n1. The van der Waals surface area contributed by atoms with Crippen molar-refractivity contribution in [1.29, 1.82) is 0 Å². The fourth-order valence-electron chi connectivity index (χ4n) is 1.30. The summed E-state index contributed by atoms with van der Waals surface area (Å²) in [7, 11) is 0. The van der Waals surface area contributed by atoms with Crippen molar-refractivity contribution in [1.82, 2.24) is 20.6 Å². The molecule has 0 aliphatic heterocycles. The molecule has 1 aromatic rings. The molecule has 0 spiro atoms. The van der Waals surface area contributed by atoms with Gasteiger partial charge in [-0.2, -0.15) is 5.21 Å². The Morgan fingerprint density at radius 1 is 1.47 bits per heavy atom. The number of carboxylic acid groups (broad SMARTS) is 1. The highest BCUT2D eigenvalue weighted by Crippen LogP contribution is 2.12. The Morgan fingerprint density at radius 2 is 2.27 bits per heavy atom. The first kappa shape index (κ1) is 11.6. The van der Waals surface area contributed by atoms with E-state index >= 15 is 0 Å². The van der Waals surface area contributed by atoms with Crippen molar-refractivity contribution >= 4 is 5.97 Å². The van der Waals surface area contributed by atoms with Crippen LogP contribution in [0, 0.1) is 5.92 Å². The molecule has 7 nitrogen and oxygen atoms in total. The van der Waals surface area contributed by atoms with Crippen LogP contribution in [0.25, 0.3) is 0 Å². The number of aliphatic carboxylic acids is 1. The molecule has 0 aliphatic carbocycles. The Balaban J connectivity index is 2.40. The number of tetrazole rings is 1. The predicted molar refractivity (Wildman–Crippen MR) is 49.9 cm³/mol. The van der Waals surface area contributed by atoms with Gasteiger partial charge < -0.3 is 10.2 Å². The molecule has 0 fully saturated rings. The molecule has 0 bridgehead atoms. The van der Waals surface area contributed by atoms with Crippen LogP contribution in [0.3, 0.4) is 0 Å². The Morgan fingerprint density at radius 3 is 2.80 bits per heavy atom. The number of hydrogen-bond acceptors (Lipinski definition) is 5. The van der Waals surface area contributed by atoms with Gasteiger partial charge in [0.15, 0.2) is 5.82 Å². The number of aliphatic hydroxyl groups is 1. The van der Waals surface area contributed by atoms with Crippen molar-refractivity contribution in [2.45, 2.75) is 25.7 Å². The van der Waals surface area contributed by atoms with E-state index in [1.54, 1.807) is 0 Å². The zero-order valence-electron chi connectivity index (χ0n) is 8.26. The minimum atomic E-state index is -0.863. The number of hydrogen-bond donors (Lipinski definition) is 3. The minimum absolute atomic E-state index is 0.0918. The van der Waals surface area contributed by atoms with Gasteiger partial charge in [0, 0.05) is 13.0 Å². The smallest absolute Gasteiger partial charge is 0.306 e. The number of rotatable bonds is 7. The maximum Gasteiger partial charge on any atom is 0.306 e. The van der Waals surface area contributed by atoms with Gasteiger partial charge in [-0.3, -0.25) is 4.79 Å². The van der Waals surface area contributed by atoms with Crippen molar-refractivity contribution in [3.63, 3.8) is 0 Å². The number of carbonyl (C=O) groups is 1. The number of aromatic nitrogens is 4. The van der Waals surface area contributed by atoms with E-state index in [0.29, 0.717) is 25.1 Å². The van der Waals surface area contributed by atoms with Crippen LogP contribution in [0.4, 0.5) is 0 Å². The second kappa shape index (κ2) is 6.07. The van der Waals surface area contributed by atoms with Gasteiger partial charge in [-0.15, -0.1) is 10.2 Å². The number of H-pyrrole nitrogens is 1. The molecule has 1 unspecified atom stereocenters. The van der Waals surface area contributed by atoms with Crippen molar-refractivity contribution in [3.8, 4) is 0 Å². The van der Waals surface area contributed by atoms with Gasteiger partial charge in [0.2, 0.25) is 0 Å². The van der Waals surface area contributed by atoms with Crippen LogP contribution in [0.15, 0.2) is 0 Å². The zero-order valence-corrected chi connectivity index (χ0v) is 8.26. The predicted octanol–water partition coefficient (Wildman–Crippen LogP) is -0.394. The van der Waals surface area contributed by atoms with E-state index in [1.807, 2.05) is 0 Å². The van der Waals surface area contributed by atoms with Gasteiger partial charge in [0.05, 0.1) is 5.92 Å². The molecule has 0 radical (unpaired) electrons. The molecule has 3 N–H and O–H groups in total. The van der Waals surface area contributed by atoms with Gasteiger partial charge >= 0.3 is 5.97 Å². The van der Waals surface area contributed by atoms with E-state index in [4.69, 9.17) is 10.2 Å². The number of unbranched alkanes of at least 4 members (excludes halogenated alkanes) is 1. The summed E-state index contributed by atoms with van der Waals surface area (Å²) in [4.78, 5) is 10.9. The highest BCUT2D eigenvalue weighted by atomic mass is 16.4. The minimum Gasteiger partial charge on any atom is -0.481 e. The molecule has 1 atom stereocenters. The quantitative estimate of drug-likeness (QED) is 0.533. The van der Waals surface area contributed by atoms with Gasteiger partial charge in [-0.25, -0.2) is 0 Å². The first-order valence-electron chi connectivity index (χ1n) is 4.80. The van der Waals surface area contributed by atoms with Crippen LogP contribution in [0.1, 0.15) is 25.1 Å². The number of nitrogens with one attached hydrogen (secondary N) is 1. The third kappa shape index (κ3) is 4.03. The van der Waals surface area contributed by atoms with Crippen molar-refractivity contribution < 1.29 is 15.0 Å². The van der Waals surface area contributed by atoms with E-state index in [1.165, 1.54) is 0 Å². The number of aliphatic hydroxyl groups excluding tert-OH is 1. The van der Waals surface area contributed by atoms with Crippen LogP contribution < -0.4 is 0 Å². The second-order valence-electron chi connectivity index (χ2n) is 3.29. The standard InChI is InChI=1S/C8H14N4O3/c13-4-2-1-3-6(8(14)15)5-7-9-11-12-10-7/h6,13H,1-5H2,(H,14,15)(H,9,10,11,12). The molecule has 0 saturated carbocycles. The largest absolute Gasteiger partial charge is 0.481 e. The average Bonchev–Trinajstić information content (AvgIpc) is 2.69. The first-order valence-corrected chi connectivity index (χ1v) is 4.80. The summed E-state index contributed by atoms with van der Waals surface area (Å²) in [5.74, 6) is -0.960. The molecule has 0 saturated heterocycles. The Labute approximate surface area is 86.5 Å². The highest BCUT2D eigenvalue weighted by Gasteiger charge is 2.19. The second-order valence-corrected chi connectivity index (χ2v) is 3.29. The average molecular weight is 214 g/mol. The van der Waals surface area contributed by atoms with Gasteiger partial charge in [0.1, 0.15) is 0 Å². The summed E-state index contributed by atoms with van der Waals surface area (Å²) in [6, 6.07) is 0. The lowest BCUT2D eigenvalue weighted by molar-refractivity contribution is -0.142. The molecular formula is C8H14N4O3. The molecule has 0 aliphatic rings. The summed E-state index contributed by atoms with van der Waals surface area (Å²) in [6.07, 6.45) is 2.10. The van der Waals surface area contributed by atoms with E-state index in [9.17, 15) is 4.79 Å². The van der Waals surface area contributed by atoms with Crippen molar-refractivity contribution in [2.75, 3.05) is 6.61 Å². The molecule has 0 aromatic carbocycles. The molecule has 1 rings (SSSR count). The summed E-state index contributed by atoms with van der Waals surface area (Å²) < 4.78 is 0. The molecule has 1 heterocycles. The molecule has 7 heteroatoms. The topological polar surface area (TPSA) is 112 Å². The normalized spacial score (nSPS) is 12.6. The Hall–Kier alpha value is -1.50. The van der Waals surface area contributed by atoms with E-state index < -0.39 is 11.9 Å². The van der Waals surface area contributed by atoms with Crippen molar-refractivity contribution in [2.24, 2.45) is 5.92 Å². The Bertz CT molecular complexity index is 288. The fourth-order valence-corrected chi connectivity index (χ4v) is 1.30. The number of carboxylic acids is 1. The van der Waals surface area contributed by atoms with Crippen LogP contribution in [0.5, 0.6) is 0 Å². The van der Waals surface area contributed by atoms with Gasteiger partial charge in [0.25, 0.3) is 0 Å². The zero-order chi connectivity index (χ0) is 11.1. The lowest BCUT2D eigenvalue weighted by Gasteiger charge is -2.08. The maximum atomic E-state index is 10.9. The van der Waals surface area contributed by atoms with Crippen LogP contribution in [0.2, 0.25) is 0 Å². The first-order chi connectivity index (χ1) is 7.24. The third-order valence-electron chi connectivity index (χ3n) is 2.13. The molecule has 1 aromatic heterocycles. The Kier molecular flexibility index (Phi) is 4.69. The van der Waals surface area contributed by atoms with Crippen LogP contribution in [-0.4, -0.2) is 43.4 Å². The van der Waals surface area contributed by atoms with Crippen LogP contribution in [-0.2, 0) is 11.2 Å². The van der Waals surface area contributed by atoms with Crippen molar-refractivity contribution in [3.05, 3.63) is 5.82 Å². The lowest BCUT2D eigenvalue weighted by Crippen LogP contribution is -2.17. The monoisotopic (exact) mass is 214 g/mol. The van der Waals surface area contributed by atoms with E-state index in [-0.39, 0.29) is 13.0 Å².